The molecular weight excluding hydrogens is 272 g/mol. The van der Waals surface area contributed by atoms with Gasteiger partial charge in [0.2, 0.25) is 11.8 Å². The van der Waals surface area contributed by atoms with Crippen LogP contribution in [0.5, 0.6) is 0 Å². The summed E-state index contributed by atoms with van der Waals surface area (Å²) >= 11 is 0. The highest BCUT2D eigenvalue weighted by Crippen LogP contribution is 2.21. The van der Waals surface area contributed by atoms with Gasteiger partial charge in [0.05, 0.1) is 18.3 Å². The summed E-state index contributed by atoms with van der Waals surface area (Å²) in [6, 6.07) is 1.86. The molecule has 0 radical (unpaired) electrons. The molecule has 2 rings (SSSR count). The third-order valence-electron chi connectivity index (χ3n) is 3.50. The number of fused-ring (bicyclic) bond motifs is 1. The van der Waals surface area contributed by atoms with Crippen molar-refractivity contribution in [2.45, 2.75) is 26.4 Å². The fourth-order valence-electron chi connectivity index (χ4n) is 2.49. The van der Waals surface area contributed by atoms with E-state index >= 15 is 0 Å². The van der Waals surface area contributed by atoms with E-state index in [0.29, 0.717) is 19.6 Å². The SMILES string of the molecule is COCC(=O)NC[C@H]1CN(C(=O)C(C)C)Cc2ccnn21. The number of methoxy groups -OCH3 is 1. The van der Waals surface area contributed by atoms with Gasteiger partial charge in [-0.25, -0.2) is 0 Å². The summed E-state index contributed by atoms with van der Waals surface area (Å²) in [4.78, 5) is 25.5. The molecule has 7 nitrogen and oxygen atoms in total. The van der Waals surface area contributed by atoms with E-state index in [2.05, 4.69) is 10.4 Å². The van der Waals surface area contributed by atoms with Gasteiger partial charge in [-0.2, -0.15) is 5.10 Å². The summed E-state index contributed by atoms with van der Waals surface area (Å²) in [5, 5.41) is 7.11. The predicted molar refractivity (Wildman–Crippen MR) is 76.4 cm³/mol. The molecule has 0 aromatic carbocycles. The Hall–Kier alpha value is -1.89. The molecule has 116 valence electrons. The number of rotatable bonds is 5. The van der Waals surface area contributed by atoms with Crippen molar-refractivity contribution in [1.82, 2.24) is 20.0 Å². The summed E-state index contributed by atoms with van der Waals surface area (Å²) < 4.78 is 6.68. The van der Waals surface area contributed by atoms with Crippen LogP contribution >= 0.6 is 0 Å². The fraction of sp³-hybridized carbons (Fsp3) is 0.643. The molecule has 1 atom stereocenters. The Morgan fingerprint density at radius 3 is 2.95 bits per heavy atom. The van der Waals surface area contributed by atoms with Gasteiger partial charge in [-0.1, -0.05) is 13.8 Å². The van der Waals surface area contributed by atoms with Crippen LogP contribution in [0.4, 0.5) is 0 Å². The van der Waals surface area contributed by atoms with Gasteiger partial charge in [-0.15, -0.1) is 0 Å². The van der Waals surface area contributed by atoms with Crippen molar-refractivity contribution in [3.05, 3.63) is 18.0 Å². The predicted octanol–water partition coefficient (Wildman–Crippen LogP) is 0.185. The number of nitrogens with zero attached hydrogens (tertiary/aromatic N) is 3. The molecule has 0 bridgehead atoms. The molecule has 0 unspecified atom stereocenters. The highest BCUT2D eigenvalue weighted by molar-refractivity contribution is 5.78. The molecule has 1 aromatic rings. The summed E-state index contributed by atoms with van der Waals surface area (Å²) in [7, 11) is 1.48. The van der Waals surface area contributed by atoms with Crippen molar-refractivity contribution in [2.24, 2.45) is 5.92 Å². The average Bonchev–Trinajstić information content (AvgIpc) is 2.92. The van der Waals surface area contributed by atoms with Crippen LogP contribution in [0.3, 0.4) is 0 Å². The van der Waals surface area contributed by atoms with Crippen LogP contribution in [0.2, 0.25) is 0 Å². The zero-order valence-electron chi connectivity index (χ0n) is 12.7. The largest absolute Gasteiger partial charge is 0.375 e. The van der Waals surface area contributed by atoms with Gasteiger partial charge < -0.3 is 15.0 Å². The summed E-state index contributed by atoms with van der Waals surface area (Å²) in [6.07, 6.45) is 1.72. The number of ether oxygens (including phenoxy) is 1. The van der Waals surface area contributed by atoms with Gasteiger partial charge in [-0.05, 0) is 6.07 Å². The number of carbonyl (C=O) groups is 2. The molecule has 0 saturated carbocycles. The molecule has 2 amide bonds. The van der Waals surface area contributed by atoms with E-state index in [9.17, 15) is 9.59 Å². The molecule has 21 heavy (non-hydrogen) atoms. The monoisotopic (exact) mass is 294 g/mol. The number of nitrogens with one attached hydrogen (secondary N) is 1. The van der Waals surface area contributed by atoms with Crippen molar-refractivity contribution in [2.75, 3.05) is 26.8 Å². The highest BCUT2D eigenvalue weighted by Gasteiger charge is 2.29. The molecule has 2 heterocycles. The molecule has 0 aliphatic carbocycles. The fourth-order valence-corrected chi connectivity index (χ4v) is 2.49. The maximum atomic E-state index is 12.2. The highest BCUT2D eigenvalue weighted by atomic mass is 16.5. The topological polar surface area (TPSA) is 76.5 Å². The van der Waals surface area contributed by atoms with E-state index in [4.69, 9.17) is 4.74 Å². The van der Waals surface area contributed by atoms with E-state index < -0.39 is 0 Å². The molecule has 0 spiro atoms. The maximum absolute atomic E-state index is 12.2. The van der Waals surface area contributed by atoms with Crippen LogP contribution in [-0.4, -0.2) is 53.3 Å². The zero-order valence-corrected chi connectivity index (χ0v) is 12.7. The molecule has 0 fully saturated rings. The standard InChI is InChI=1S/C14H22N4O3/c1-10(2)14(20)17-7-11-4-5-16-18(11)12(8-17)6-15-13(19)9-21-3/h4-5,10,12H,6-9H2,1-3H3,(H,15,19)/t12-/m0/s1. The Kier molecular flexibility index (Phi) is 4.95. The first-order chi connectivity index (χ1) is 10.0. The molecule has 1 aliphatic rings. The van der Waals surface area contributed by atoms with E-state index in [0.717, 1.165) is 5.69 Å². The van der Waals surface area contributed by atoms with E-state index in [1.807, 2.05) is 29.5 Å². The van der Waals surface area contributed by atoms with Crippen molar-refractivity contribution < 1.29 is 14.3 Å². The first-order valence-corrected chi connectivity index (χ1v) is 7.09. The average molecular weight is 294 g/mol. The maximum Gasteiger partial charge on any atom is 0.246 e. The molecular formula is C14H22N4O3. The van der Waals surface area contributed by atoms with Crippen molar-refractivity contribution >= 4 is 11.8 Å². The van der Waals surface area contributed by atoms with Crippen molar-refractivity contribution in [3.63, 3.8) is 0 Å². The molecule has 1 N–H and O–H groups in total. The quantitative estimate of drug-likeness (QED) is 0.841. The van der Waals surface area contributed by atoms with Gasteiger partial charge in [0.15, 0.2) is 0 Å². The Balaban J connectivity index is 2.06. The van der Waals surface area contributed by atoms with Crippen molar-refractivity contribution in [1.29, 1.82) is 0 Å². The number of carbonyl (C=O) groups excluding carboxylic acids is 2. The smallest absolute Gasteiger partial charge is 0.246 e. The zero-order chi connectivity index (χ0) is 15.4. The molecule has 1 aromatic heterocycles. The first-order valence-electron chi connectivity index (χ1n) is 7.09. The van der Waals surface area contributed by atoms with E-state index in [1.54, 1.807) is 6.20 Å². The molecule has 0 saturated heterocycles. The van der Waals surface area contributed by atoms with Crippen LogP contribution < -0.4 is 5.32 Å². The molecule has 7 heteroatoms. The second-order valence-corrected chi connectivity index (χ2v) is 5.53. The lowest BCUT2D eigenvalue weighted by molar-refractivity contribution is -0.136. The van der Waals surface area contributed by atoms with E-state index in [-0.39, 0.29) is 30.4 Å². The second kappa shape index (κ2) is 6.71. The summed E-state index contributed by atoms with van der Waals surface area (Å²) in [6.45, 7) is 5.37. The van der Waals surface area contributed by atoms with Crippen LogP contribution in [0.25, 0.3) is 0 Å². The summed E-state index contributed by atoms with van der Waals surface area (Å²) in [5.74, 6) is -0.0858. The first kappa shape index (κ1) is 15.5. The normalized spacial score (nSPS) is 17.7. The Labute approximate surface area is 124 Å². The lowest BCUT2D eigenvalue weighted by Crippen LogP contribution is -2.46. The third-order valence-corrected chi connectivity index (χ3v) is 3.50. The van der Waals surface area contributed by atoms with Crippen LogP contribution in [0, 0.1) is 5.92 Å². The minimum absolute atomic E-state index is 0.0350. The lowest BCUT2D eigenvalue weighted by atomic mass is 10.1. The third kappa shape index (κ3) is 3.60. The number of aromatic nitrogens is 2. The number of hydrogen-bond donors (Lipinski definition) is 1. The van der Waals surface area contributed by atoms with Crippen LogP contribution in [-0.2, 0) is 20.9 Å². The minimum atomic E-state index is -0.168. The minimum Gasteiger partial charge on any atom is -0.375 e. The lowest BCUT2D eigenvalue weighted by Gasteiger charge is -2.35. The molecule has 1 aliphatic heterocycles. The van der Waals surface area contributed by atoms with E-state index in [1.165, 1.54) is 7.11 Å². The van der Waals surface area contributed by atoms with Gasteiger partial charge in [-0.3, -0.25) is 14.3 Å². The second-order valence-electron chi connectivity index (χ2n) is 5.53. The number of amides is 2. The number of hydrogen-bond acceptors (Lipinski definition) is 4. The van der Waals surface area contributed by atoms with Crippen molar-refractivity contribution in [3.8, 4) is 0 Å². The van der Waals surface area contributed by atoms with Gasteiger partial charge in [0, 0.05) is 32.3 Å². The van der Waals surface area contributed by atoms with Gasteiger partial charge in [0.1, 0.15) is 6.61 Å². The van der Waals surface area contributed by atoms with Gasteiger partial charge in [0.25, 0.3) is 0 Å². The van der Waals surface area contributed by atoms with Crippen LogP contribution in [0.1, 0.15) is 25.6 Å². The Bertz CT molecular complexity index is 512. The summed E-state index contributed by atoms with van der Waals surface area (Å²) in [5.41, 5.74) is 0.987. The Morgan fingerprint density at radius 2 is 2.29 bits per heavy atom. The van der Waals surface area contributed by atoms with Crippen LogP contribution in [0.15, 0.2) is 12.3 Å². The Morgan fingerprint density at radius 1 is 1.52 bits per heavy atom. The van der Waals surface area contributed by atoms with Gasteiger partial charge >= 0.3 is 0 Å².